The normalized spacial score (nSPS) is 17.6. The van der Waals surface area contributed by atoms with E-state index in [-0.39, 0.29) is 24.3 Å². The maximum atomic E-state index is 11.1. The van der Waals surface area contributed by atoms with E-state index in [4.69, 9.17) is 4.74 Å². The van der Waals surface area contributed by atoms with E-state index < -0.39 is 0 Å². The van der Waals surface area contributed by atoms with Gasteiger partial charge in [0.25, 0.3) is 0 Å². The van der Waals surface area contributed by atoms with E-state index in [1.54, 1.807) is 0 Å². The number of hydrogen-bond acceptors (Lipinski definition) is 3. The lowest BCUT2D eigenvalue weighted by Crippen LogP contribution is -2.30. The van der Waals surface area contributed by atoms with Crippen LogP contribution in [0.4, 0.5) is 0 Å². The smallest absolute Gasteiger partial charge is 0.308 e. The molecule has 1 fully saturated rings. The van der Waals surface area contributed by atoms with E-state index in [1.807, 2.05) is 13.8 Å². The molecule has 0 atom stereocenters. The van der Waals surface area contributed by atoms with Gasteiger partial charge in [-0.3, -0.25) is 4.79 Å². The highest BCUT2D eigenvalue weighted by atomic mass is 35.5. The number of ether oxygens (including phenoxy) is 1. The van der Waals surface area contributed by atoms with Crippen LogP contribution in [-0.2, 0) is 9.53 Å². The number of carbonyl (C=O) groups excluding carboxylic acids is 1. The molecule has 0 radical (unpaired) electrons. The van der Waals surface area contributed by atoms with Crippen LogP contribution in [0.15, 0.2) is 0 Å². The van der Waals surface area contributed by atoms with E-state index in [2.05, 4.69) is 5.32 Å². The number of esters is 1. The molecule has 1 aliphatic heterocycles. The molecule has 1 N–H and O–H groups in total. The Hall–Kier alpha value is -0.280. The highest BCUT2D eigenvalue weighted by molar-refractivity contribution is 5.85. The van der Waals surface area contributed by atoms with Crippen molar-refractivity contribution in [2.45, 2.75) is 26.7 Å². The summed E-state index contributed by atoms with van der Waals surface area (Å²) >= 11 is 0. The first-order chi connectivity index (χ1) is 6.20. The van der Waals surface area contributed by atoms with Gasteiger partial charge in [0.15, 0.2) is 0 Å². The molecule has 0 amide bonds. The van der Waals surface area contributed by atoms with Gasteiger partial charge in [0, 0.05) is 0 Å². The van der Waals surface area contributed by atoms with Crippen LogP contribution in [0.3, 0.4) is 0 Å². The molecule has 0 spiro atoms. The van der Waals surface area contributed by atoms with Crippen molar-refractivity contribution < 1.29 is 9.53 Å². The molecule has 0 bridgehead atoms. The van der Waals surface area contributed by atoms with Crippen molar-refractivity contribution in [2.24, 2.45) is 11.8 Å². The predicted octanol–water partition coefficient (Wildman–Crippen LogP) is 1.61. The van der Waals surface area contributed by atoms with Crippen molar-refractivity contribution in [3.05, 3.63) is 0 Å². The lowest BCUT2D eigenvalue weighted by atomic mass is 9.99. The number of carbonyl (C=O) groups is 1. The monoisotopic (exact) mass is 221 g/mol. The Kier molecular flexibility index (Phi) is 6.93. The minimum atomic E-state index is -0.0708. The average molecular weight is 222 g/mol. The van der Waals surface area contributed by atoms with Crippen molar-refractivity contribution >= 4 is 18.4 Å². The zero-order valence-corrected chi connectivity index (χ0v) is 9.73. The summed E-state index contributed by atoms with van der Waals surface area (Å²) in [6, 6.07) is 0. The lowest BCUT2D eigenvalue weighted by molar-refractivity contribution is -0.148. The van der Waals surface area contributed by atoms with Gasteiger partial charge in [0.2, 0.25) is 0 Å². The zero-order chi connectivity index (χ0) is 9.68. The molecular formula is C10H20ClNO2. The van der Waals surface area contributed by atoms with Gasteiger partial charge in [0.1, 0.15) is 0 Å². The molecule has 3 nitrogen and oxygen atoms in total. The molecule has 0 aliphatic carbocycles. The van der Waals surface area contributed by atoms with E-state index in [1.165, 1.54) is 0 Å². The molecule has 0 saturated carbocycles. The number of rotatable bonds is 3. The summed E-state index contributed by atoms with van der Waals surface area (Å²) < 4.78 is 5.18. The van der Waals surface area contributed by atoms with Crippen LogP contribution in [0.1, 0.15) is 26.7 Å². The first-order valence-corrected chi connectivity index (χ1v) is 5.07. The third-order valence-corrected chi connectivity index (χ3v) is 2.39. The van der Waals surface area contributed by atoms with Gasteiger partial charge in [-0.25, -0.2) is 0 Å². The minimum absolute atomic E-state index is 0. The fraction of sp³-hybridized carbons (Fsp3) is 0.900. The van der Waals surface area contributed by atoms with Crippen LogP contribution < -0.4 is 5.32 Å². The Morgan fingerprint density at radius 2 is 2.00 bits per heavy atom. The van der Waals surface area contributed by atoms with E-state index in [0.29, 0.717) is 12.5 Å². The van der Waals surface area contributed by atoms with E-state index >= 15 is 0 Å². The van der Waals surface area contributed by atoms with Gasteiger partial charge < -0.3 is 10.1 Å². The third kappa shape index (κ3) is 4.82. The molecule has 14 heavy (non-hydrogen) atoms. The molecular weight excluding hydrogens is 202 g/mol. The van der Waals surface area contributed by atoms with Crippen LogP contribution in [-0.4, -0.2) is 25.7 Å². The van der Waals surface area contributed by atoms with Crippen molar-refractivity contribution in [3.63, 3.8) is 0 Å². The molecule has 0 unspecified atom stereocenters. The predicted molar refractivity (Wildman–Crippen MR) is 58.6 cm³/mol. The summed E-state index contributed by atoms with van der Waals surface area (Å²) in [5.41, 5.74) is 0. The molecule has 84 valence electrons. The molecule has 4 heteroatoms. The van der Waals surface area contributed by atoms with E-state index in [0.717, 1.165) is 25.9 Å². The molecule has 0 aromatic carbocycles. The standard InChI is InChI=1S/C10H19NO2.ClH/c1-8(2)10(12)13-7-9-3-5-11-6-4-9;/h8-9,11H,3-7H2,1-2H3;1H. The molecule has 1 heterocycles. The Morgan fingerprint density at radius 1 is 1.43 bits per heavy atom. The number of nitrogens with one attached hydrogen (secondary N) is 1. The summed E-state index contributed by atoms with van der Waals surface area (Å²) in [5.74, 6) is 0.504. The summed E-state index contributed by atoms with van der Waals surface area (Å²) in [5, 5.41) is 3.28. The fourth-order valence-electron chi connectivity index (χ4n) is 1.42. The van der Waals surface area contributed by atoms with Crippen LogP contribution in [0.5, 0.6) is 0 Å². The van der Waals surface area contributed by atoms with Crippen LogP contribution in [0, 0.1) is 11.8 Å². The number of halogens is 1. The quantitative estimate of drug-likeness (QED) is 0.736. The summed E-state index contributed by atoms with van der Waals surface area (Å²) in [7, 11) is 0. The summed E-state index contributed by atoms with van der Waals surface area (Å²) in [6.07, 6.45) is 2.26. The Balaban J connectivity index is 0.00000169. The SMILES string of the molecule is CC(C)C(=O)OCC1CCNCC1.Cl. The van der Waals surface area contributed by atoms with Crippen molar-refractivity contribution in [1.29, 1.82) is 0 Å². The van der Waals surface area contributed by atoms with Crippen LogP contribution >= 0.6 is 12.4 Å². The summed E-state index contributed by atoms with van der Waals surface area (Å²) in [4.78, 5) is 11.1. The maximum Gasteiger partial charge on any atom is 0.308 e. The highest BCUT2D eigenvalue weighted by Crippen LogP contribution is 2.12. The molecule has 1 saturated heterocycles. The summed E-state index contributed by atoms with van der Waals surface area (Å²) in [6.45, 7) is 6.46. The largest absolute Gasteiger partial charge is 0.465 e. The Bertz CT molecular complexity index is 168. The second-order valence-electron chi connectivity index (χ2n) is 3.98. The second kappa shape index (κ2) is 7.07. The van der Waals surface area contributed by atoms with Gasteiger partial charge in [-0.05, 0) is 31.8 Å². The number of piperidine rings is 1. The van der Waals surface area contributed by atoms with Gasteiger partial charge in [-0.15, -0.1) is 12.4 Å². The Morgan fingerprint density at radius 3 is 2.50 bits per heavy atom. The molecule has 1 rings (SSSR count). The van der Waals surface area contributed by atoms with Gasteiger partial charge in [-0.2, -0.15) is 0 Å². The van der Waals surface area contributed by atoms with Crippen LogP contribution in [0.2, 0.25) is 0 Å². The van der Waals surface area contributed by atoms with Gasteiger partial charge in [-0.1, -0.05) is 13.8 Å². The molecule has 0 aromatic rings. The maximum absolute atomic E-state index is 11.1. The average Bonchev–Trinajstić information content (AvgIpc) is 2.15. The van der Waals surface area contributed by atoms with Crippen LogP contribution in [0.25, 0.3) is 0 Å². The van der Waals surface area contributed by atoms with Crippen molar-refractivity contribution in [3.8, 4) is 0 Å². The topological polar surface area (TPSA) is 38.3 Å². The molecule has 1 aliphatic rings. The van der Waals surface area contributed by atoms with Crippen molar-refractivity contribution in [1.82, 2.24) is 5.32 Å². The fourth-order valence-corrected chi connectivity index (χ4v) is 1.42. The lowest BCUT2D eigenvalue weighted by Gasteiger charge is -2.22. The second-order valence-corrected chi connectivity index (χ2v) is 3.98. The minimum Gasteiger partial charge on any atom is -0.465 e. The van der Waals surface area contributed by atoms with Crippen molar-refractivity contribution in [2.75, 3.05) is 19.7 Å². The van der Waals surface area contributed by atoms with Gasteiger partial charge in [0.05, 0.1) is 12.5 Å². The molecule has 0 aromatic heterocycles. The van der Waals surface area contributed by atoms with Gasteiger partial charge >= 0.3 is 5.97 Å². The first-order valence-electron chi connectivity index (χ1n) is 5.07. The number of hydrogen-bond donors (Lipinski definition) is 1. The Labute approximate surface area is 92.0 Å². The highest BCUT2D eigenvalue weighted by Gasteiger charge is 2.16. The zero-order valence-electron chi connectivity index (χ0n) is 8.91. The third-order valence-electron chi connectivity index (χ3n) is 2.39. The van der Waals surface area contributed by atoms with E-state index in [9.17, 15) is 4.79 Å². The first kappa shape index (κ1) is 13.7.